The molecule has 0 unspecified atom stereocenters. The van der Waals surface area contributed by atoms with Crippen molar-refractivity contribution in [1.29, 1.82) is 0 Å². The summed E-state index contributed by atoms with van der Waals surface area (Å²) < 4.78 is 20.0. The molecule has 9 aromatic carbocycles. The highest BCUT2D eigenvalue weighted by molar-refractivity contribution is 6.16. The Bertz CT molecular complexity index is 3690. The Hall–Kier alpha value is -7.82. The number of fused-ring (bicyclic) bond motifs is 18. The van der Waals surface area contributed by atoms with Crippen molar-refractivity contribution in [2.45, 2.75) is 24.7 Å². The summed E-state index contributed by atoms with van der Waals surface area (Å²) in [5.41, 5.74) is 18.3. The quantitative estimate of drug-likeness (QED) is 0.179. The smallest absolute Gasteiger partial charge is 0.137 e. The maximum Gasteiger partial charge on any atom is 0.137 e. The third-order valence-corrected chi connectivity index (χ3v) is 14.1. The number of ether oxygens (including phenoxy) is 1. The Kier molecular flexibility index (Phi) is 6.53. The first kappa shape index (κ1) is 34.0. The van der Waals surface area contributed by atoms with Crippen LogP contribution in [-0.2, 0) is 10.8 Å². The van der Waals surface area contributed by atoms with Crippen LogP contribution in [-0.4, -0.2) is 0 Å². The highest BCUT2D eigenvalue weighted by Gasteiger charge is 2.51. The largest absolute Gasteiger partial charge is 0.457 e. The van der Waals surface area contributed by atoms with Crippen molar-refractivity contribution >= 4 is 60.9 Å². The second kappa shape index (κ2) is 11.9. The van der Waals surface area contributed by atoms with E-state index in [9.17, 15) is 0 Å². The number of anilines is 3. The molecule has 0 atom stereocenters. The molecule has 2 aliphatic carbocycles. The van der Waals surface area contributed by atoms with Crippen LogP contribution >= 0.6 is 0 Å². The zero-order chi connectivity index (χ0) is 40.9. The molecule has 11 aromatic rings. The van der Waals surface area contributed by atoms with Crippen LogP contribution in [0.2, 0.25) is 0 Å². The Morgan fingerprint density at radius 1 is 0.371 bits per heavy atom. The molecule has 0 radical (unpaired) electrons. The molecule has 0 amide bonds. The number of nitrogens with zero attached hydrogens (tertiary/aromatic N) is 1. The predicted molar refractivity (Wildman–Crippen MR) is 251 cm³/mol. The molecule has 4 nitrogen and oxygen atoms in total. The van der Waals surface area contributed by atoms with Gasteiger partial charge in [-0.05, 0) is 117 Å². The molecule has 0 N–H and O–H groups in total. The molecule has 62 heavy (non-hydrogen) atoms. The molecule has 2 aromatic heterocycles. The first-order chi connectivity index (χ1) is 30.5. The summed E-state index contributed by atoms with van der Waals surface area (Å²) in [5.74, 6) is 1.75. The van der Waals surface area contributed by atoms with Crippen LogP contribution in [0.4, 0.5) is 17.1 Å². The lowest BCUT2D eigenvalue weighted by atomic mass is 9.66. The fourth-order valence-corrected chi connectivity index (χ4v) is 11.4. The summed E-state index contributed by atoms with van der Waals surface area (Å²) in [5, 5.41) is 4.32. The van der Waals surface area contributed by atoms with E-state index in [1.807, 2.05) is 12.1 Å². The van der Waals surface area contributed by atoms with Crippen LogP contribution in [0.1, 0.15) is 47.2 Å². The SMILES string of the molecule is CC1(C)c2ccccc2-c2ccc(N(c3ccc4oc5ccccc5c4c3)c3cccc4oc5cc6c(cc5c34)-c3ccccc3C63c4ccccc4Oc4ccccc43)cc21. The zero-order valence-electron chi connectivity index (χ0n) is 34.1. The summed E-state index contributed by atoms with van der Waals surface area (Å²) in [6, 6.07) is 67.9. The van der Waals surface area contributed by atoms with Crippen molar-refractivity contribution in [2.24, 2.45) is 0 Å². The van der Waals surface area contributed by atoms with Crippen molar-refractivity contribution in [1.82, 2.24) is 0 Å². The van der Waals surface area contributed by atoms with Gasteiger partial charge in [0.2, 0.25) is 0 Å². The Morgan fingerprint density at radius 2 is 0.968 bits per heavy atom. The van der Waals surface area contributed by atoms with Crippen LogP contribution in [0.25, 0.3) is 66.1 Å². The van der Waals surface area contributed by atoms with Gasteiger partial charge in [0.05, 0.1) is 16.5 Å². The van der Waals surface area contributed by atoms with Crippen molar-refractivity contribution < 1.29 is 13.6 Å². The van der Waals surface area contributed by atoms with E-state index in [2.05, 4.69) is 195 Å². The van der Waals surface area contributed by atoms with Gasteiger partial charge >= 0.3 is 0 Å². The number of para-hydroxylation sites is 3. The predicted octanol–water partition coefficient (Wildman–Crippen LogP) is 15.7. The lowest BCUT2D eigenvalue weighted by Crippen LogP contribution is -2.32. The van der Waals surface area contributed by atoms with Gasteiger partial charge in [0.25, 0.3) is 0 Å². The van der Waals surface area contributed by atoms with Crippen LogP contribution in [0, 0.1) is 0 Å². The van der Waals surface area contributed by atoms with E-state index >= 15 is 0 Å². The van der Waals surface area contributed by atoms with Gasteiger partial charge in [0.15, 0.2) is 0 Å². The van der Waals surface area contributed by atoms with E-state index in [0.717, 1.165) is 83.6 Å². The molecule has 14 rings (SSSR count). The molecule has 0 fully saturated rings. The number of hydrogen-bond acceptors (Lipinski definition) is 4. The first-order valence-electron chi connectivity index (χ1n) is 21.4. The van der Waals surface area contributed by atoms with Crippen LogP contribution in [0.15, 0.2) is 197 Å². The Balaban J connectivity index is 1.05. The van der Waals surface area contributed by atoms with Crippen molar-refractivity contribution in [3.63, 3.8) is 0 Å². The second-order valence-electron chi connectivity index (χ2n) is 17.6. The van der Waals surface area contributed by atoms with E-state index in [4.69, 9.17) is 13.6 Å². The summed E-state index contributed by atoms with van der Waals surface area (Å²) >= 11 is 0. The molecule has 4 heteroatoms. The second-order valence-corrected chi connectivity index (χ2v) is 17.6. The lowest BCUT2D eigenvalue weighted by molar-refractivity contribution is 0.436. The van der Waals surface area contributed by atoms with Crippen molar-refractivity contribution in [2.75, 3.05) is 4.90 Å². The van der Waals surface area contributed by atoms with Gasteiger partial charge < -0.3 is 18.5 Å². The van der Waals surface area contributed by atoms with Gasteiger partial charge in [0.1, 0.15) is 33.8 Å². The fourth-order valence-electron chi connectivity index (χ4n) is 11.4. The molecule has 292 valence electrons. The van der Waals surface area contributed by atoms with E-state index in [0.29, 0.717) is 0 Å². The molecule has 0 bridgehead atoms. The van der Waals surface area contributed by atoms with Gasteiger partial charge in [-0.1, -0.05) is 129 Å². The normalized spacial score (nSPS) is 14.7. The highest BCUT2D eigenvalue weighted by atomic mass is 16.5. The van der Waals surface area contributed by atoms with Crippen LogP contribution in [0.5, 0.6) is 11.5 Å². The molecular formula is C58H37NO3. The minimum absolute atomic E-state index is 0.169. The molecular weight excluding hydrogens is 759 g/mol. The lowest BCUT2D eigenvalue weighted by Gasteiger charge is -2.39. The Labute approximate surface area is 357 Å². The average Bonchev–Trinajstić information content (AvgIpc) is 4.02. The monoisotopic (exact) mass is 795 g/mol. The maximum absolute atomic E-state index is 7.04. The minimum Gasteiger partial charge on any atom is -0.457 e. The number of hydrogen-bond donors (Lipinski definition) is 0. The summed E-state index contributed by atoms with van der Waals surface area (Å²) in [6.07, 6.45) is 0. The van der Waals surface area contributed by atoms with Crippen molar-refractivity contribution in [3.05, 3.63) is 221 Å². The van der Waals surface area contributed by atoms with Crippen LogP contribution < -0.4 is 9.64 Å². The average molecular weight is 796 g/mol. The Morgan fingerprint density at radius 3 is 1.77 bits per heavy atom. The maximum atomic E-state index is 7.04. The van der Waals surface area contributed by atoms with Gasteiger partial charge in [-0.15, -0.1) is 0 Å². The molecule has 3 heterocycles. The fraction of sp³-hybridized carbons (Fsp3) is 0.0690. The molecule has 0 saturated heterocycles. The number of furan rings is 2. The molecule has 1 aliphatic heterocycles. The van der Waals surface area contributed by atoms with Gasteiger partial charge in [-0.3, -0.25) is 0 Å². The van der Waals surface area contributed by atoms with E-state index in [1.165, 1.54) is 44.5 Å². The van der Waals surface area contributed by atoms with Gasteiger partial charge in [-0.25, -0.2) is 0 Å². The molecule has 0 saturated carbocycles. The van der Waals surface area contributed by atoms with E-state index in [1.54, 1.807) is 0 Å². The number of benzene rings is 9. The summed E-state index contributed by atoms with van der Waals surface area (Å²) in [4.78, 5) is 2.42. The third-order valence-electron chi connectivity index (χ3n) is 14.1. The highest BCUT2D eigenvalue weighted by Crippen LogP contribution is 2.63. The third kappa shape index (κ3) is 4.26. The van der Waals surface area contributed by atoms with E-state index < -0.39 is 5.41 Å². The van der Waals surface area contributed by atoms with Gasteiger partial charge in [0, 0.05) is 44.1 Å². The first-order valence-corrected chi connectivity index (χ1v) is 21.4. The van der Waals surface area contributed by atoms with E-state index in [-0.39, 0.29) is 5.41 Å². The molecule has 3 aliphatic rings. The number of rotatable bonds is 3. The summed E-state index contributed by atoms with van der Waals surface area (Å²) in [7, 11) is 0. The topological polar surface area (TPSA) is 38.8 Å². The van der Waals surface area contributed by atoms with Gasteiger partial charge in [-0.2, -0.15) is 0 Å². The summed E-state index contributed by atoms with van der Waals surface area (Å²) in [6.45, 7) is 4.69. The standard InChI is InChI=1S/C58H37NO3/c1-57(2)43-17-6-3-14-36(43)38-28-26-35(31-47(38)57)59(34-27-29-51-41(30-34)39-16-5-10-22-50(39)60-51)49-21-13-25-54-56(49)42-32-40-37-15-4-7-18-44(37)58(48(40)33-55(42)62-54)45-19-8-11-23-52(45)61-53-24-12-9-20-46(53)58/h3-33H,1-2H3. The van der Waals surface area contributed by atoms with Crippen LogP contribution in [0.3, 0.4) is 0 Å². The minimum atomic E-state index is -0.586. The van der Waals surface area contributed by atoms with Crippen molar-refractivity contribution in [3.8, 4) is 33.8 Å². The zero-order valence-corrected chi connectivity index (χ0v) is 34.1. The molecule has 1 spiro atoms.